The second-order valence-corrected chi connectivity index (χ2v) is 7.51. The predicted octanol–water partition coefficient (Wildman–Crippen LogP) is 4.05. The summed E-state index contributed by atoms with van der Waals surface area (Å²) in [6, 6.07) is 11.3. The van der Waals surface area contributed by atoms with Gasteiger partial charge in [0.2, 0.25) is 0 Å². The third-order valence-electron chi connectivity index (χ3n) is 4.98. The Balaban J connectivity index is 1.88. The van der Waals surface area contributed by atoms with E-state index in [1.165, 1.54) is 18.4 Å². The van der Waals surface area contributed by atoms with Gasteiger partial charge in [0.05, 0.1) is 5.41 Å². The van der Waals surface area contributed by atoms with Crippen LogP contribution in [0, 0.1) is 11.3 Å². The van der Waals surface area contributed by atoms with Crippen LogP contribution in [-0.4, -0.2) is 23.7 Å². The maximum atomic E-state index is 11.2. The Morgan fingerprint density at radius 1 is 1.23 bits per heavy atom. The second-order valence-electron chi connectivity index (χ2n) is 7.51. The summed E-state index contributed by atoms with van der Waals surface area (Å²) in [5.41, 5.74) is 0.790. The van der Waals surface area contributed by atoms with Gasteiger partial charge in [-0.2, -0.15) is 0 Å². The molecule has 3 heteroatoms. The molecule has 1 aromatic rings. The molecule has 3 atom stereocenters. The number of aliphatic carboxylic acids is 1. The average Bonchev–Trinajstić information content (AvgIpc) is 2.47. The van der Waals surface area contributed by atoms with Crippen molar-refractivity contribution < 1.29 is 9.90 Å². The zero-order valence-corrected chi connectivity index (χ0v) is 14.0. The van der Waals surface area contributed by atoms with Crippen LogP contribution in [0.15, 0.2) is 30.3 Å². The van der Waals surface area contributed by atoms with E-state index in [9.17, 15) is 9.90 Å². The van der Waals surface area contributed by atoms with Gasteiger partial charge in [-0.3, -0.25) is 4.79 Å². The topological polar surface area (TPSA) is 49.3 Å². The molecule has 122 valence electrons. The Morgan fingerprint density at radius 3 is 2.55 bits per heavy atom. The summed E-state index contributed by atoms with van der Waals surface area (Å²) in [6.07, 6.45) is 4.27. The molecule has 2 rings (SSSR count). The second kappa shape index (κ2) is 7.28. The highest BCUT2D eigenvalue weighted by molar-refractivity contribution is 5.73. The first-order valence-electron chi connectivity index (χ1n) is 8.40. The maximum absolute atomic E-state index is 11.2. The summed E-state index contributed by atoms with van der Waals surface area (Å²) in [7, 11) is 0. The van der Waals surface area contributed by atoms with Gasteiger partial charge in [0.1, 0.15) is 0 Å². The molecule has 1 aliphatic carbocycles. The van der Waals surface area contributed by atoms with Crippen LogP contribution in [0.3, 0.4) is 0 Å². The first kappa shape index (κ1) is 17.0. The number of rotatable bonds is 6. The molecular formula is C19H29NO2. The van der Waals surface area contributed by atoms with Crippen molar-refractivity contribution in [1.82, 2.24) is 5.32 Å². The SMILES string of the molecule is CC1CC(NCCC(C)(C)C(=O)O)CC(c2ccccc2)C1. The minimum atomic E-state index is -0.714. The fourth-order valence-corrected chi connectivity index (χ4v) is 3.46. The Hall–Kier alpha value is -1.35. The third-order valence-corrected chi connectivity index (χ3v) is 4.98. The minimum absolute atomic E-state index is 0.499. The van der Waals surface area contributed by atoms with Crippen LogP contribution >= 0.6 is 0 Å². The summed E-state index contributed by atoms with van der Waals surface area (Å²) in [5.74, 6) is 0.618. The smallest absolute Gasteiger partial charge is 0.309 e. The third kappa shape index (κ3) is 4.57. The molecule has 0 aliphatic heterocycles. The maximum Gasteiger partial charge on any atom is 0.309 e. The molecule has 0 radical (unpaired) electrons. The van der Waals surface area contributed by atoms with Crippen molar-refractivity contribution in [3.05, 3.63) is 35.9 Å². The largest absolute Gasteiger partial charge is 0.481 e. The van der Waals surface area contributed by atoms with Gasteiger partial charge in [0.25, 0.3) is 0 Å². The van der Waals surface area contributed by atoms with Crippen molar-refractivity contribution in [3.8, 4) is 0 Å². The number of carboxylic acids is 1. The first-order valence-corrected chi connectivity index (χ1v) is 8.40. The van der Waals surface area contributed by atoms with Gasteiger partial charge in [-0.25, -0.2) is 0 Å². The highest BCUT2D eigenvalue weighted by Crippen LogP contribution is 2.36. The van der Waals surface area contributed by atoms with E-state index in [0.29, 0.717) is 24.3 Å². The molecular weight excluding hydrogens is 274 g/mol. The van der Waals surface area contributed by atoms with E-state index in [1.807, 2.05) is 0 Å². The fraction of sp³-hybridized carbons (Fsp3) is 0.632. The lowest BCUT2D eigenvalue weighted by Gasteiger charge is -2.34. The zero-order valence-electron chi connectivity index (χ0n) is 14.0. The minimum Gasteiger partial charge on any atom is -0.481 e. The molecule has 0 aromatic heterocycles. The van der Waals surface area contributed by atoms with E-state index in [-0.39, 0.29) is 0 Å². The van der Waals surface area contributed by atoms with Gasteiger partial charge in [0.15, 0.2) is 0 Å². The number of hydrogen-bond donors (Lipinski definition) is 2. The summed E-state index contributed by atoms with van der Waals surface area (Å²) in [4.78, 5) is 11.2. The molecule has 1 aliphatic rings. The molecule has 0 bridgehead atoms. The molecule has 1 fully saturated rings. The average molecular weight is 303 g/mol. The van der Waals surface area contributed by atoms with Crippen molar-refractivity contribution in [2.45, 2.75) is 58.4 Å². The van der Waals surface area contributed by atoms with Crippen molar-refractivity contribution in [3.63, 3.8) is 0 Å². The number of benzene rings is 1. The molecule has 0 heterocycles. The van der Waals surface area contributed by atoms with Crippen molar-refractivity contribution in [2.24, 2.45) is 11.3 Å². The summed E-state index contributed by atoms with van der Waals surface area (Å²) in [6.45, 7) is 6.70. The number of nitrogens with one attached hydrogen (secondary N) is 1. The highest BCUT2D eigenvalue weighted by atomic mass is 16.4. The van der Waals surface area contributed by atoms with Crippen LogP contribution in [0.4, 0.5) is 0 Å². The Labute approximate surface area is 134 Å². The van der Waals surface area contributed by atoms with Crippen LogP contribution in [0.25, 0.3) is 0 Å². The molecule has 2 N–H and O–H groups in total. The van der Waals surface area contributed by atoms with E-state index in [1.54, 1.807) is 13.8 Å². The van der Waals surface area contributed by atoms with Gasteiger partial charge in [-0.05, 0) is 63.5 Å². The Bertz CT molecular complexity index is 483. The molecule has 0 amide bonds. The molecule has 0 spiro atoms. The summed E-state index contributed by atoms with van der Waals surface area (Å²) >= 11 is 0. The van der Waals surface area contributed by atoms with E-state index in [2.05, 4.69) is 42.6 Å². The van der Waals surface area contributed by atoms with Gasteiger partial charge in [-0.15, -0.1) is 0 Å². The normalized spacial score (nSPS) is 25.9. The lowest BCUT2D eigenvalue weighted by Crippen LogP contribution is -2.39. The van der Waals surface area contributed by atoms with Gasteiger partial charge < -0.3 is 10.4 Å². The monoisotopic (exact) mass is 303 g/mol. The quantitative estimate of drug-likeness (QED) is 0.833. The highest BCUT2D eigenvalue weighted by Gasteiger charge is 2.29. The van der Waals surface area contributed by atoms with Crippen molar-refractivity contribution in [2.75, 3.05) is 6.54 Å². The van der Waals surface area contributed by atoms with Crippen LogP contribution in [-0.2, 0) is 4.79 Å². The van der Waals surface area contributed by atoms with Crippen LogP contribution < -0.4 is 5.32 Å². The molecule has 1 aromatic carbocycles. The van der Waals surface area contributed by atoms with Crippen LogP contribution in [0.2, 0.25) is 0 Å². The zero-order chi connectivity index (χ0) is 16.2. The van der Waals surface area contributed by atoms with Gasteiger partial charge >= 0.3 is 5.97 Å². The Morgan fingerprint density at radius 2 is 1.91 bits per heavy atom. The van der Waals surface area contributed by atoms with Crippen molar-refractivity contribution in [1.29, 1.82) is 0 Å². The number of carbonyl (C=O) groups is 1. The van der Waals surface area contributed by atoms with Crippen molar-refractivity contribution >= 4 is 5.97 Å². The summed E-state index contributed by atoms with van der Waals surface area (Å²) in [5, 5.41) is 12.8. The number of hydrogen-bond acceptors (Lipinski definition) is 2. The molecule has 22 heavy (non-hydrogen) atoms. The lowest BCUT2D eigenvalue weighted by atomic mass is 9.76. The predicted molar refractivity (Wildman–Crippen MR) is 90.0 cm³/mol. The van der Waals surface area contributed by atoms with E-state index >= 15 is 0 Å². The number of carboxylic acid groups (broad SMARTS) is 1. The van der Waals surface area contributed by atoms with E-state index in [4.69, 9.17) is 0 Å². The standard InChI is InChI=1S/C19H29NO2/c1-14-11-16(15-7-5-4-6-8-15)13-17(12-14)20-10-9-19(2,3)18(21)22/h4-8,14,16-17,20H,9-13H2,1-3H3,(H,21,22). The Kier molecular flexibility index (Phi) is 5.63. The van der Waals surface area contributed by atoms with Gasteiger partial charge in [0, 0.05) is 6.04 Å². The van der Waals surface area contributed by atoms with E-state index in [0.717, 1.165) is 13.0 Å². The molecule has 3 nitrogen and oxygen atoms in total. The van der Waals surface area contributed by atoms with E-state index < -0.39 is 11.4 Å². The van der Waals surface area contributed by atoms with Crippen LogP contribution in [0.1, 0.15) is 57.9 Å². The molecule has 1 saturated carbocycles. The van der Waals surface area contributed by atoms with Crippen LogP contribution in [0.5, 0.6) is 0 Å². The fourth-order valence-electron chi connectivity index (χ4n) is 3.46. The molecule has 3 unspecified atom stereocenters. The van der Waals surface area contributed by atoms with Gasteiger partial charge in [-0.1, -0.05) is 37.3 Å². The summed E-state index contributed by atoms with van der Waals surface area (Å²) < 4.78 is 0. The first-order chi connectivity index (χ1) is 10.4. The lowest BCUT2D eigenvalue weighted by molar-refractivity contribution is -0.147. The molecule has 0 saturated heterocycles.